The summed E-state index contributed by atoms with van der Waals surface area (Å²) in [5, 5.41) is 9.47. The van der Waals surface area contributed by atoms with E-state index in [9.17, 15) is 23.1 Å². The number of benzene rings is 2. The van der Waals surface area contributed by atoms with Crippen LogP contribution in [0.15, 0.2) is 42.5 Å². The molecule has 0 fully saturated rings. The Hall–Kier alpha value is -2.50. The molecule has 2 rings (SSSR count). The lowest BCUT2D eigenvalue weighted by Crippen LogP contribution is -2.27. The number of ether oxygens (including phenoxy) is 1. The average molecular weight is 296 g/mol. The highest BCUT2D eigenvalue weighted by Gasteiger charge is 2.44. The first-order valence-electron chi connectivity index (χ1n) is 5.92. The predicted octanol–water partition coefficient (Wildman–Crippen LogP) is 3.46. The van der Waals surface area contributed by atoms with Gasteiger partial charge in [-0.2, -0.15) is 8.78 Å². The monoisotopic (exact) mass is 296 g/mol. The first kappa shape index (κ1) is 14.9. The number of hydrogen-bond donors (Lipinski definition) is 1. The van der Waals surface area contributed by atoms with E-state index in [1.54, 1.807) is 0 Å². The molecule has 2 aromatic carbocycles. The summed E-state index contributed by atoms with van der Waals surface area (Å²) in [6.45, 7) is 0. The van der Waals surface area contributed by atoms with Gasteiger partial charge in [0.1, 0.15) is 11.6 Å². The van der Waals surface area contributed by atoms with E-state index in [1.165, 1.54) is 12.1 Å². The van der Waals surface area contributed by atoms with Crippen LogP contribution < -0.4 is 0 Å². The summed E-state index contributed by atoms with van der Waals surface area (Å²) < 4.78 is 45.5. The van der Waals surface area contributed by atoms with Gasteiger partial charge >= 0.3 is 11.9 Å². The van der Waals surface area contributed by atoms with Crippen LogP contribution in [0.4, 0.5) is 13.2 Å². The molecule has 0 aliphatic heterocycles. The number of phenolic OH excluding ortho intramolecular Hbond substituents is 1. The van der Waals surface area contributed by atoms with Crippen molar-refractivity contribution in [3.63, 3.8) is 0 Å². The molecule has 0 aliphatic rings. The molecule has 6 heteroatoms. The van der Waals surface area contributed by atoms with Gasteiger partial charge in [0.25, 0.3) is 0 Å². The van der Waals surface area contributed by atoms with Gasteiger partial charge in [-0.1, -0.05) is 12.1 Å². The zero-order chi connectivity index (χ0) is 15.6. The number of hydrogen-bond acceptors (Lipinski definition) is 3. The van der Waals surface area contributed by atoms with E-state index >= 15 is 0 Å². The molecule has 3 nitrogen and oxygen atoms in total. The first-order valence-corrected chi connectivity index (χ1v) is 5.92. The van der Waals surface area contributed by atoms with Crippen LogP contribution in [0.3, 0.4) is 0 Å². The van der Waals surface area contributed by atoms with E-state index in [1.807, 2.05) is 0 Å². The van der Waals surface area contributed by atoms with Gasteiger partial charge < -0.3 is 9.84 Å². The lowest BCUT2D eigenvalue weighted by atomic mass is 9.95. The van der Waals surface area contributed by atoms with Crippen molar-refractivity contribution in [1.29, 1.82) is 0 Å². The summed E-state index contributed by atoms with van der Waals surface area (Å²) in [5.74, 6) is -6.54. The van der Waals surface area contributed by atoms with Gasteiger partial charge in [-0.25, -0.2) is 9.18 Å². The maximum Gasteiger partial charge on any atom is 0.381 e. The van der Waals surface area contributed by atoms with Crippen LogP contribution in [0.2, 0.25) is 0 Å². The van der Waals surface area contributed by atoms with Crippen molar-refractivity contribution in [1.82, 2.24) is 0 Å². The van der Waals surface area contributed by atoms with Crippen LogP contribution in [0.5, 0.6) is 5.75 Å². The van der Waals surface area contributed by atoms with Gasteiger partial charge in [0.05, 0.1) is 7.11 Å². The summed E-state index contributed by atoms with van der Waals surface area (Å²) >= 11 is 0. The summed E-state index contributed by atoms with van der Waals surface area (Å²) in [7, 11) is 0.846. The zero-order valence-electron chi connectivity index (χ0n) is 10.9. The third-order valence-corrected chi connectivity index (χ3v) is 2.92. The van der Waals surface area contributed by atoms with Gasteiger partial charge in [-0.3, -0.25) is 0 Å². The minimum absolute atomic E-state index is 0.115. The molecule has 0 saturated carbocycles. The van der Waals surface area contributed by atoms with Crippen LogP contribution in [0, 0.1) is 5.82 Å². The number of carbonyl (C=O) groups excluding carboxylic acids is 1. The van der Waals surface area contributed by atoms with Crippen molar-refractivity contribution in [2.75, 3.05) is 7.11 Å². The number of phenols is 1. The molecule has 0 aliphatic carbocycles. The van der Waals surface area contributed by atoms with Gasteiger partial charge in [0.2, 0.25) is 0 Å². The quantitative estimate of drug-likeness (QED) is 0.882. The van der Waals surface area contributed by atoms with E-state index in [2.05, 4.69) is 4.74 Å². The van der Waals surface area contributed by atoms with E-state index in [0.717, 1.165) is 37.4 Å². The van der Waals surface area contributed by atoms with Crippen molar-refractivity contribution in [3.05, 3.63) is 53.8 Å². The lowest BCUT2D eigenvalue weighted by Gasteiger charge is -2.18. The molecule has 0 amide bonds. The Balaban J connectivity index is 2.66. The number of halogens is 3. The van der Waals surface area contributed by atoms with Crippen LogP contribution in [-0.4, -0.2) is 18.2 Å². The third kappa shape index (κ3) is 2.84. The Bertz CT molecular complexity index is 684. The number of alkyl halides is 2. The number of rotatable bonds is 3. The standard InChI is InChI=1S/C15H11F3O3/c1-21-14(20)15(17,18)13-6-5-11(19)8-12(13)9-3-2-4-10(16)7-9/h2-8,19H,1H3. The Morgan fingerprint density at radius 1 is 1.19 bits per heavy atom. The molecule has 0 atom stereocenters. The fraction of sp³-hybridized carbons (Fsp3) is 0.133. The number of esters is 1. The summed E-state index contributed by atoms with van der Waals surface area (Å²) in [6.07, 6.45) is 0. The van der Waals surface area contributed by atoms with Gasteiger partial charge in [-0.05, 0) is 41.5 Å². The fourth-order valence-corrected chi connectivity index (χ4v) is 1.94. The van der Waals surface area contributed by atoms with Crippen LogP contribution >= 0.6 is 0 Å². The number of aromatic hydroxyl groups is 1. The summed E-state index contributed by atoms with van der Waals surface area (Å²) in [6, 6.07) is 7.90. The fourth-order valence-electron chi connectivity index (χ4n) is 1.94. The molecule has 0 spiro atoms. The number of methoxy groups -OCH3 is 1. The maximum absolute atomic E-state index is 14.1. The molecule has 0 aromatic heterocycles. The van der Waals surface area contributed by atoms with Crippen molar-refractivity contribution in [2.24, 2.45) is 0 Å². The van der Waals surface area contributed by atoms with Crippen LogP contribution in [0.25, 0.3) is 11.1 Å². The van der Waals surface area contributed by atoms with Gasteiger partial charge in [-0.15, -0.1) is 0 Å². The highest BCUT2D eigenvalue weighted by molar-refractivity contribution is 5.84. The van der Waals surface area contributed by atoms with Crippen LogP contribution in [-0.2, 0) is 15.5 Å². The Morgan fingerprint density at radius 3 is 2.52 bits per heavy atom. The molecule has 110 valence electrons. The largest absolute Gasteiger partial charge is 0.508 e. The molecule has 21 heavy (non-hydrogen) atoms. The molecule has 1 N–H and O–H groups in total. The average Bonchev–Trinajstić information content (AvgIpc) is 2.46. The topological polar surface area (TPSA) is 46.5 Å². The minimum Gasteiger partial charge on any atom is -0.508 e. The van der Waals surface area contributed by atoms with Crippen molar-refractivity contribution in [2.45, 2.75) is 5.92 Å². The third-order valence-electron chi connectivity index (χ3n) is 2.92. The van der Waals surface area contributed by atoms with Crippen LogP contribution in [0.1, 0.15) is 5.56 Å². The lowest BCUT2D eigenvalue weighted by molar-refractivity contribution is -0.170. The highest BCUT2D eigenvalue weighted by Crippen LogP contribution is 2.38. The molecule has 0 unspecified atom stereocenters. The normalized spacial score (nSPS) is 11.2. The maximum atomic E-state index is 14.1. The molecule has 0 bridgehead atoms. The Morgan fingerprint density at radius 2 is 1.90 bits per heavy atom. The van der Waals surface area contributed by atoms with Crippen molar-refractivity contribution < 1.29 is 27.8 Å². The molecule has 2 aromatic rings. The van der Waals surface area contributed by atoms with Gasteiger partial charge in [0.15, 0.2) is 0 Å². The Labute approximate surface area is 118 Å². The molecule has 0 heterocycles. The van der Waals surface area contributed by atoms with Crippen molar-refractivity contribution >= 4 is 5.97 Å². The second kappa shape index (κ2) is 5.47. The number of carbonyl (C=O) groups is 1. The molecule has 0 saturated heterocycles. The van der Waals surface area contributed by atoms with E-state index in [-0.39, 0.29) is 16.9 Å². The predicted molar refractivity (Wildman–Crippen MR) is 69.4 cm³/mol. The molecular weight excluding hydrogens is 285 g/mol. The van der Waals surface area contributed by atoms with E-state index < -0.39 is 23.3 Å². The van der Waals surface area contributed by atoms with E-state index in [4.69, 9.17) is 0 Å². The second-order valence-electron chi connectivity index (χ2n) is 4.31. The van der Waals surface area contributed by atoms with E-state index in [0.29, 0.717) is 0 Å². The minimum atomic E-state index is -3.91. The zero-order valence-corrected chi connectivity index (χ0v) is 10.9. The second-order valence-corrected chi connectivity index (χ2v) is 4.31. The first-order chi connectivity index (χ1) is 9.86. The van der Waals surface area contributed by atoms with Gasteiger partial charge in [0, 0.05) is 5.56 Å². The smallest absolute Gasteiger partial charge is 0.381 e. The Kier molecular flexibility index (Phi) is 3.88. The molecule has 0 radical (unpaired) electrons. The highest BCUT2D eigenvalue weighted by atomic mass is 19.3. The SMILES string of the molecule is COC(=O)C(F)(F)c1ccc(O)cc1-c1cccc(F)c1. The summed E-state index contributed by atoms with van der Waals surface area (Å²) in [5.41, 5.74) is -0.702. The van der Waals surface area contributed by atoms with Crippen molar-refractivity contribution in [3.8, 4) is 16.9 Å². The molecular formula is C15H11F3O3. The summed E-state index contributed by atoms with van der Waals surface area (Å²) in [4.78, 5) is 11.3.